The molecule has 0 aliphatic carbocycles. The van der Waals surface area contributed by atoms with Gasteiger partial charge in [-0.05, 0) is 26.2 Å². The first-order valence-electron chi connectivity index (χ1n) is 8.12. The molecular weight excluding hydrogens is 314 g/mol. The summed E-state index contributed by atoms with van der Waals surface area (Å²) < 4.78 is 1.87. The van der Waals surface area contributed by atoms with E-state index in [0.717, 1.165) is 11.5 Å². The van der Waals surface area contributed by atoms with E-state index in [1.165, 1.54) is 0 Å². The molecule has 0 aliphatic heterocycles. The summed E-state index contributed by atoms with van der Waals surface area (Å²) >= 11 is 0. The van der Waals surface area contributed by atoms with Gasteiger partial charge >= 0.3 is 0 Å². The number of hydrogen-bond acceptors (Lipinski definition) is 4. The molecule has 128 valence electrons. The van der Waals surface area contributed by atoms with Gasteiger partial charge in [-0.2, -0.15) is 0 Å². The van der Waals surface area contributed by atoms with Crippen molar-refractivity contribution in [3.63, 3.8) is 0 Å². The van der Waals surface area contributed by atoms with E-state index in [1.807, 2.05) is 66.0 Å². The topological polar surface area (TPSA) is 58.4 Å². The number of hydrogen-bond donors (Lipinski definition) is 1. The highest BCUT2D eigenvalue weighted by Crippen LogP contribution is 2.23. The highest BCUT2D eigenvalue weighted by Gasteiger charge is 2.19. The Morgan fingerprint density at radius 2 is 1.76 bits per heavy atom. The molecule has 1 N–H and O–H groups in total. The monoisotopic (exact) mass is 335 g/mol. The lowest BCUT2D eigenvalue weighted by Crippen LogP contribution is -2.17. The molecule has 5 nitrogen and oxygen atoms in total. The molecule has 0 amide bonds. The van der Waals surface area contributed by atoms with E-state index in [9.17, 15) is 9.90 Å². The van der Waals surface area contributed by atoms with Gasteiger partial charge < -0.3 is 10.0 Å². The number of para-hydroxylation sites is 1. The second-order valence-electron chi connectivity index (χ2n) is 6.11. The van der Waals surface area contributed by atoms with Crippen molar-refractivity contribution in [2.75, 3.05) is 14.1 Å². The summed E-state index contributed by atoms with van der Waals surface area (Å²) in [6, 6.07) is 16.6. The van der Waals surface area contributed by atoms with Gasteiger partial charge in [-0.15, -0.1) is 0 Å². The molecule has 1 aromatic heterocycles. The van der Waals surface area contributed by atoms with Gasteiger partial charge in [-0.1, -0.05) is 42.5 Å². The highest BCUT2D eigenvalue weighted by atomic mass is 16.3. The van der Waals surface area contributed by atoms with Crippen molar-refractivity contribution < 1.29 is 9.90 Å². The summed E-state index contributed by atoms with van der Waals surface area (Å²) in [7, 11) is 3.91. The van der Waals surface area contributed by atoms with Gasteiger partial charge in [0, 0.05) is 11.1 Å². The predicted molar refractivity (Wildman–Crippen MR) is 96.8 cm³/mol. The van der Waals surface area contributed by atoms with Crippen molar-refractivity contribution >= 4 is 5.78 Å². The third kappa shape index (κ3) is 3.52. The van der Waals surface area contributed by atoms with Crippen molar-refractivity contribution in [1.29, 1.82) is 0 Å². The largest absolute Gasteiger partial charge is 0.390 e. The SMILES string of the molecule is CN(C)Cc1ncc(CO)n1-c1ccccc1C(=O)c1ccccc1. The Morgan fingerprint density at radius 1 is 1.08 bits per heavy atom. The van der Waals surface area contributed by atoms with E-state index in [2.05, 4.69) is 4.98 Å². The van der Waals surface area contributed by atoms with E-state index >= 15 is 0 Å². The number of carbonyl (C=O) groups is 1. The predicted octanol–water partition coefficient (Wildman–Crippen LogP) is 2.66. The standard InChI is InChI=1S/C20H21N3O2/c1-22(2)13-19-21-12-16(14-24)23(19)18-11-7-6-10-17(18)20(25)15-8-4-3-5-9-15/h3-12,24H,13-14H2,1-2H3. The maximum atomic E-state index is 13.0. The zero-order valence-electron chi connectivity index (χ0n) is 14.4. The maximum absolute atomic E-state index is 13.0. The van der Waals surface area contributed by atoms with Crippen LogP contribution in [0.4, 0.5) is 0 Å². The molecule has 0 saturated carbocycles. The molecule has 2 aromatic carbocycles. The summed E-state index contributed by atoms with van der Waals surface area (Å²) in [5.41, 5.74) is 2.61. The molecule has 25 heavy (non-hydrogen) atoms. The molecule has 0 saturated heterocycles. The number of rotatable bonds is 6. The number of aliphatic hydroxyl groups excluding tert-OH is 1. The summed E-state index contributed by atoms with van der Waals surface area (Å²) in [4.78, 5) is 19.4. The number of aromatic nitrogens is 2. The first kappa shape index (κ1) is 17.1. The molecule has 3 aromatic rings. The third-order valence-electron chi connectivity index (χ3n) is 3.95. The van der Waals surface area contributed by atoms with Crippen LogP contribution in [-0.4, -0.2) is 39.4 Å². The molecule has 0 atom stereocenters. The zero-order valence-corrected chi connectivity index (χ0v) is 14.4. The number of aliphatic hydroxyl groups is 1. The number of ketones is 1. The van der Waals surface area contributed by atoms with Crippen LogP contribution in [0.3, 0.4) is 0 Å². The van der Waals surface area contributed by atoms with Crippen LogP contribution in [0, 0.1) is 0 Å². The fourth-order valence-corrected chi connectivity index (χ4v) is 2.84. The number of nitrogens with zero attached hydrogens (tertiary/aromatic N) is 3. The lowest BCUT2D eigenvalue weighted by Gasteiger charge is -2.17. The molecule has 0 fully saturated rings. The van der Waals surface area contributed by atoms with Gasteiger partial charge in [0.2, 0.25) is 0 Å². The molecule has 0 radical (unpaired) electrons. The van der Waals surface area contributed by atoms with Gasteiger partial charge in [0.1, 0.15) is 5.82 Å². The normalized spacial score (nSPS) is 11.0. The number of benzene rings is 2. The lowest BCUT2D eigenvalue weighted by molar-refractivity contribution is 0.103. The zero-order chi connectivity index (χ0) is 17.8. The average Bonchev–Trinajstić information content (AvgIpc) is 3.03. The van der Waals surface area contributed by atoms with Crippen LogP contribution in [0.15, 0.2) is 60.8 Å². The molecule has 5 heteroatoms. The molecule has 0 unspecified atom stereocenters. The van der Waals surface area contributed by atoms with Crippen LogP contribution >= 0.6 is 0 Å². The van der Waals surface area contributed by atoms with Crippen molar-refractivity contribution in [1.82, 2.24) is 14.5 Å². The third-order valence-corrected chi connectivity index (χ3v) is 3.95. The first-order valence-corrected chi connectivity index (χ1v) is 8.12. The summed E-state index contributed by atoms with van der Waals surface area (Å²) in [6.07, 6.45) is 1.66. The van der Waals surface area contributed by atoms with Crippen molar-refractivity contribution in [3.05, 3.63) is 83.4 Å². The Kier molecular flexibility index (Phi) is 5.07. The van der Waals surface area contributed by atoms with Gasteiger partial charge in [0.15, 0.2) is 5.78 Å². The number of imidazole rings is 1. The first-order chi connectivity index (χ1) is 12.1. The molecular formula is C20H21N3O2. The van der Waals surface area contributed by atoms with E-state index in [1.54, 1.807) is 18.3 Å². The number of carbonyl (C=O) groups excluding carboxylic acids is 1. The van der Waals surface area contributed by atoms with E-state index in [-0.39, 0.29) is 12.4 Å². The molecule has 0 aliphatic rings. The smallest absolute Gasteiger partial charge is 0.195 e. The van der Waals surface area contributed by atoms with Crippen LogP contribution in [-0.2, 0) is 13.2 Å². The Hall–Kier alpha value is -2.76. The van der Waals surface area contributed by atoms with Crippen molar-refractivity contribution in [3.8, 4) is 5.69 Å². The van der Waals surface area contributed by atoms with Gasteiger partial charge in [0.05, 0.1) is 30.7 Å². The Bertz CT molecular complexity index is 870. The minimum atomic E-state index is -0.145. The Labute approximate surface area is 147 Å². The molecule has 0 bridgehead atoms. The highest BCUT2D eigenvalue weighted by molar-refractivity contribution is 6.11. The van der Waals surface area contributed by atoms with Crippen molar-refractivity contribution in [2.45, 2.75) is 13.2 Å². The maximum Gasteiger partial charge on any atom is 0.195 e. The lowest BCUT2D eigenvalue weighted by atomic mass is 10.0. The Morgan fingerprint density at radius 3 is 2.44 bits per heavy atom. The molecule has 1 heterocycles. The van der Waals surface area contributed by atoms with E-state index < -0.39 is 0 Å². The van der Waals surface area contributed by atoms with Gasteiger partial charge in [-0.3, -0.25) is 9.36 Å². The fourth-order valence-electron chi connectivity index (χ4n) is 2.84. The second kappa shape index (κ2) is 7.42. The van der Waals surface area contributed by atoms with Crippen LogP contribution in [0.5, 0.6) is 0 Å². The average molecular weight is 335 g/mol. The Balaban J connectivity index is 2.14. The molecule has 3 rings (SSSR count). The van der Waals surface area contributed by atoms with Crippen LogP contribution < -0.4 is 0 Å². The quantitative estimate of drug-likeness (QED) is 0.704. The minimum absolute atomic E-state index is 0.0513. The molecule has 0 spiro atoms. The van der Waals surface area contributed by atoms with Gasteiger partial charge in [0.25, 0.3) is 0 Å². The van der Waals surface area contributed by atoms with Gasteiger partial charge in [-0.25, -0.2) is 4.98 Å². The summed E-state index contributed by atoms with van der Waals surface area (Å²) in [6.45, 7) is 0.460. The summed E-state index contributed by atoms with van der Waals surface area (Å²) in [5.74, 6) is 0.729. The van der Waals surface area contributed by atoms with E-state index in [4.69, 9.17) is 0 Å². The van der Waals surface area contributed by atoms with Crippen LogP contribution in [0.1, 0.15) is 27.4 Å². The fraction of sp³-hybridized carbons (Fsp3) is 0.200. The van der Waals surface area contributed by atoms with Crippen molar-refractivity contribution in [2.24, 2.45) is 0 Å². The van der Waals surface area contributed by atoms with Crippen LogP contribution in [0.25, 0.3) is 5.69 Å². The van der Waals surface area contributed by atoms with Crippen LogP contribution in [0.2, 0.25) is 0 Å². The second-order valence-corrected chi connectivity index (χ2v) is 6.11. The van der Waals surface area contributed by atoms with E-state index in [0.29, 0.717) is 23.4 Å². The summed E-state index contributed by atoms with van der Waals surface area (Å²) in [5, 5.41) is 9.71. The minimum Gasteiger partial charge on any atom is -0.390 e.